The van der Waals surface area contributed by atoms with Gasteiger partial charge in [-0.3, -0.25) is 0 Å². The highest BCUT2D eigenvalue weighted by Gasteiger charge is 2.52. The Morgan fingerprint density at radius 1 is 0.875 bits per heavy atom. The lowest BCUT2D eigenvalue weighted by Gasteiger charge is -2.13. The third kappa shape index (κ3) is 1.77. The molecule has 50 valence electrons. The van der Waals surface area contributed by atoms with Crippen LogP contribution in [-0.2, 0) is 0 Å². The van der Waals surface area contributed by atoms with Gasteiger partial charge in [-0.1, -0.05) is 0 Å². The second kappa shape index (κ2) is 1.68. The topological polar surface area (TPSA) is 0 Å². The zero-order valence-electron chi connectivity index (χ0n) is 3.89. The predicted octanol–water partition coefficient (Wildman–Crippen LogP) is 0.507. The molecule has 0 fully saturated rings. The molecule has 0 N–H and O–H groups in total. The monoisotopic (exact) mass is 150 g/mol. The standard InChI is InChI=1S/C2H3F5Si/c3-1(4,5)2(6,7)8/h8H3. The molecule has 0 aliphatic carbocycles. The van der Waals surface area contributed by atoms with Gasteiger partial charge >= 0.3 is 11.7 Å². The van der Waals surface area contributed by atoms with Crippen molar-refractivity contribution >= 4 is 10.2 Å². The van der Waals surface area contributed by atoms with Crippen molar-refractivity contribution in [2.75, 3.05) is 0 Å². The van der Waals surface area contributed by atoms with E-state index in [4.69, 9.17) is 0 Å². The maximum Gasteiger partial charge on any atom is 0.447 e. The summed E-state index contributed by atoms with van der Waals surface area (Å²) in [6.07, 6.45) is -5.33. The van der Waals surface area contributed by atoms with Crippen molar-refractivity contribution < 1.29 is 22.0 Å². The highest BCUT2D eigenvalue weighted by atomic mass is 28.1. The molecule has 0 spiro atoms. The van der Waals surface area contributed by atoms with E-state index >= 15 is 0 Å². The maximum absolute atomic E-state index is 11.2. The van der Waals surface area contributed by atoms with Crippen molar-refractivity contribution in [1.29, 1.82) is 0 Å². The van der Waals surface area contributed by atoms with E-state index in [0.717, 1.165) is 0 Å². The number of hydrogen-bond acceptors (Lipinski definition) is 0. The second-order valence-corrected chi connectivity index (χ2v) is 2.64. The zero-order chi connectivity index (χ0) is 7.00. The molecular formula is C2H3F5Si. The molecule has 0 aromatic heterocycles. The van der Waals surface area contributed by atoms with Crippen LogP contribution in [0.1, 0.15) is 0 Å². The number of hydrogen-bond donors (Lipinski definition) is 0. The summed E-state index contributed by atoms with van der Waals surface area (Å²) in [5.41, 5.74) is -4.42. The molecule has 0 saturated carbocycles. The summed E-state index contributed by atoms with van der Waals surface area (Å²) in [7, 11) is -1.17. The van der Waals surface area contributed by atoms with Gasteiger partial charge in [-0.2, -0.15) is 13.2 Å². The first kappa shape index (κ1) is 7.87. The van der Waals surface area contributed by atoms with Crippen LogP contribution in [0.15, 0.2) is 0 Å². The summed E-state index contributed by atoms with van der Waals surface area (Å²) < 4.78 is 54.9. The molecule has 0 amide bonds. The van der Waals surface area contributed by atoms with Crippen LogP contribution >= 0.6 is 0 Å². The quantitative estimate of drug-likeness (QED) is 0.348. The summed E-state index contributed by atoms with van der Waals surface area (Å²) >= 11 is 0. The summed E-state index contributed by atoms with van der Waals surface area (Å²) in [5.74, 6) is 0. The van der Waals surface area contributed by atoms with Gasteiger partial charge in [0.25, 0.3) is 0 Å². The van der Waals surface area contributed by atoms with Crippen LogP contribution in [0, 0.1) is 0 Å². The Labute approximate surface area is 45.1 Å². The fraction of sp³-hybridized carbons (Fsp3) is 1.00. The van der Waals surface area contributed by atoms with Crippen LogP contribution in [0.2, 0.25) is 0 Å². The molecule has 0 unspecified atom stereocenters. The molecule has 0 radical (unpaired) electrons. The minimum Gasteiger partial charge on any atom is -0.203 e. The summed E-state index contributed by atoms with van der Waals surface area (Å²) in [5, 5.41) is 0. The smallest absolute Gasteiger partial charge is 0.203 e. The van der Waals surface area contributed by atoms with Crippen molar-refractivity contribution in [3.05, 3.63) is 0 Å². The first-order chi connectivity index (χ1) is 3.25. The molecule has 0 heterocycles. The molecule has 0 rings (SSSR count). The van der Waals surface area contributed by atoms with Gasteiger partial charge < -0.3 is 0 Å². The van der Waals surface area contributed by atoms with Crippen molar-refractivity contribution in [2.45, 2.75) is 11.7 Å². The van der Waals surface area contributed by atoms with E-state index in [0.29, 0.717) is 0 Å². The van der Waals surface area contributed by atoms with E-state index in [9.17, 15) is 22.0 Å². The van der Waals surface area contributed by atoms with Gasteiger partial charge in [0, 0.05) is 0 Å². The normalized spacial score (nSPS) is 14.6. The lowest BCUT2D eigenvalue weighted by atomic mass is 10.7. The zero-order valence-corrected chi connectivity index (χ0v) is 5.89. The van der Waals surface area contributed by atoms with Gasteiger partial charge in [0.1, 0.15) is 10.2 Å². The van der Waals surface area contributed by atoms with Crippen LogP contribution in [0.3, 0.4) is 0 Å². The predicted molar refractivity (Wildman–Crippen MR) is 20.9 cm³/mol. The molecule has 0 nitrogen and oxygen atoms in total. The fourth-order valence-corrected chi connectivity index (χ4v) is 0. The molecule has 0 saturated heterocycles. The van der Waals surface area contributed by atoms with Crippen LogP contribution in [-0.4, -0.2) is 22.0 Å². The van der Waals surface area contributed by atoms with Gasteiger partial charge in [0.2, 0.25) is 0 Å². The van der Waals surface area contributed by atoms with Crippen LogP contribution < -0.4 is 0 Å². The van der Waals surface area contributed by atoms with Crippen LogP contribution in [0.5, 0.6) is 0 Å². The summed E-state index contributed by atoms with van der Waals surface area (Å²) in [6, 6.07) is 0. The number of alkyl halides is 5. The highest BCUT2D eigenvalue weighted by molar-refractivity contribution is 6.13. The largest absolute Gasteiger partial charge is 0.447 e. The Morgan fingerprint density at radius 2 is 1.00 bits per heavy atom. The Hall–Kier alpha value is -0.133. The second-order valence-electron chi connectivity index (χ2n) is 1.39. The Bertz CT molecular complexity index is 65.4. The van der Waals surface area contributed by atoms with E-state index in [-0.39, 0.29) is 0 Å². The first-order valence-electron chi connectivity index (χ1n) is 1.69. The van der Waals surface area contributed by atoms with Gasteiger partial charge in [-0.15, -0.1) is 0 Å². The molecule has 8 heavy (non-hydrogen) atoms. The Morgan fingerprint density at radius 3 is 1.00 bits per heavy atom. The third-order valence-electron chi connectivity index (χ3n) is 0.498. The number of halogens is 5. The van der Waals surface area contributed by atoms with Gasteiger partial charge in [0.15, 0.2) is 0 Å². The Kier molecular flexibility index (Phi) is 1.65. The van der Waals surface area contributed by atoms with E-state index in [1.165, 1.54) is 0 Å². The third-order valence-corrected chi connectivity index (χ3v) is 1.06. The van der Waals surface area contributed by atoms with E-state index in [1.807, 2.05) is 0 Å². The molecule has 0 bridgehead atoms. The van der Waals surface area contributed by atoms with E-state index < -0.39 is 22.0 Å². The summed E-state index contributed by atoms with van der Waals surface area (Å²) in [6.45, 7) is 0. The van der Waals surface area contributed by atoms with Gasteiger partial charge in [0.05, 0.1) is 0 Å². The van der Waals surface area contributed by atoms with Crippen molar-refractivity contribution in [1.82, 2.24) is 0 Å². The van der Waals surface area contributed by atoms with Crippen molar-refractivity contribution in [3.63, 3.8) is 0 Å². The van der Waals surface area contributed by atoms with Gasteiger partial charge in [-0.25, -0.2) is 8.78 Å². The molecular weight excluding hydrogens is 147 g/mol. The molecule has 0 aromatic rings. The molecule has 0 aliphatic heterocycles. The lowest BCUT2D eigenvalue weighted by Crippen LogP contribution is -2.36. The molecule has 0 atom stereocenters. The van der Waals surface area contributed by atoms with Gasteiger partial charge in [-0.05, 0) is 0 Å². The van der Waals surface area contributed by atoms with Crippen molar-refractivity contribution in [3.8, 4) is 0 Å². The SMILES string of the molecule is FC(F)(F)C(F)(F)[SiH3]. The molecule has 0 aliphatic rings. The minimum atomic E-state index is -5.33. The number of rotatable bonds is 0. The van der Waals surface area contributed by atoms with Crippen molar-refractivity contribution in [2.24, 2.45) is 0 Å². The van der Waals surface area contributed by atoms with E-state index in [2.05, 4.69) is 0 Å². The lowest BCUT2D eigenvalue weighted by molar-refractivity contribution is -0.242. The molecule has 6 heteroatoms. The van der Waals surface area contributed by atoms with Crippen LogP contribution in [0.4, 0.5) is 22.0 Å². The van der Waals surface area contributed by atoms with E-state index in [1.54, 1.807) is 0 Å². The Balaban J connectivity index is 4.02. The maximum atomic E-state index is 11.2. The minimum absolute atomic E-state index is 1.17. The molecule has 0 aromatic carbocycles. The average Bonchev–Trinajstić information content (AvgIpc) is 1.25. The average molecular weight is 150 g/mol. The fourth-order valence-electron chi connectivity index (χ4n) is 0. The highest BCUT2D eigenvalue weighted by Crippen LogP contribution is 2.31. The first-order valence-corrected chi connectivity index (χ1v) is 2.69. The summed E-state index contributed by atoms with van der Waals surface area (Å²) in [4.78, 5) is 0. The van der Waals surface area contributed by atoms with Crippen LogP contribution in [0.25, 0.3) is 0 Å².